The molecule has 3 rings (SSSR count). The highest BCUT2D eigenvalue weighted by molar-refractivity contribution is 5.53. The second kappa shape index (κ2) is 3.73. The van der Waals surface area contributed by atoms with E-state index in [-0.39, 0.29) is 0 Å². The molecule has 0 aliphatic carbocycles. The van der Waals surface area contributed by atoms with Crippen LogP contribution >= 0.6 is 0 Å². The number of aromatic nitrogens is 2. The molecule has 0 bridgehead atoms. The molecule has 0 saturated carbocycles. The predicted octanol–water partition coefficient (Wildman–Crippen LogP) is 1.89. The summed E-state index contributed by atoms with van der Waals surface area (Å²) in [6.07, 6.45) is 3.46. The number of nitrogens with zero attached hydrogens (tertiary/aromatic N) is 3. The molecule has 0 saturated heterocycles. The normalized spacial score (nSPS) is 13.8. The number of rotatable bonds is 1. The van der Waals surface area contributed by atoms with E-state index in [1.165, 1.54) is 11.1 Å². The Bertz CT molecular complexity index is 565. The number of anilines is 2. The minimum absolute atomic E-state index is 0.821. The van der Waals surface area contributed by atoms with Crippen LogP contribution in [-0.4, -0.2) is 9.97 Å². The first kappa shape index (κ1) is 10.1. The summed E-state index contributed by atoms with van der Waals surface area (Å²) in [7, 11) is 0. The fourth-order valence-electron chi connectivity index (χ4n) is 2.27. The maximum atomic E-state index is 5.80. The van der Waals surface area contributed by atoms with Crippen molar-refractivity contribution in [3.05, 3.63) is 47.4 Å². The third-order valence-electron chi connectivity index (χ3n) is 3.11. The number of nitrogens with two attached hydrogens (primary N) is 1. The van der Waals surface area contributed by atoms with Crippen LogP contribution in [0.3, 0.4) is 0 Å². The van der Waals surface area contributed by atoms with Gasteiger partial charge in [-0.1, -0.05) is 6.07 Å². The largest absolute Gasteiger partial charge is 0.399 e. The molecule has 0 fully saturated rings. The molecule has 2 N–H and O–H groups in total. The van der Waals surface area contributed by atoms with Gasteiger partial charge in [0, 0.05) is 31.2 Å². The number of fused-ring (bicyclic) bond motifs is 1. The fourth-order valence-corrected chi connectivity index (χ4v) is 2.27. The summed E-state index contributed by atoms with van der Waals surface area (Å²) in [4.78, 5) is 10.9. The summed E-state index contributed by atoms with van der Waals surface area (Å²) < 4.78 is 0. The Labute approximate surface area is 100 Å². The summed E-state index contributed by atoms with van der Waals surface area (Å²) in [5, 5.41) is 0. The first-order chi connectivity index (χ1) is 8.24. The van der Waals surface area contributed by atoms with E-state index in [1.54, 1.807) is 12.4 Å². The van der Waals surface area contributed by atoms with E-state index < -0.39 is 0 Å². The molecule has 0 spiro atoms. The first-order valence-electron chi connectivity index (χ1n) is 5.64. The van der Waals surface area contributed by atoms with Gasteiger partial charge >= 0.3 is 0 Å². The van der Waals surface area contributed by atoms with Gasteiger partial charge in [0.05, 0.1) is 5.69 Å². The third-order valence-corrected chi connectivity index (χ3v) is 3.11. The minimum Gasteiger partial charge on any atom is -0.399 e. The molecule has 4 nitrogen and oxygen atoms in total. The standard InChI is InChI=1S/C13H14N4/c1-9-13(16-5-4-15-9)17-7-10-2-3-12(14)6-11(10)8-17/h2-6H,7-8,14H2,1H3. The topological polar surface area (TPSA) is 55.0 Å². The van der Waals surface area contributed by atoms with Gasteiger partial charge in [-0.05, 0) is 30.2 Å². The van der Waals surface area contributed by atoms with Crippen LogP contribution in [0.25, 0.3) is 0 Å². The van der Waals surface area contributed by atoms with Crippen molar-refractivity contribution in [1.29, 1.82) is 0 Å². The second-order valence-electron chi connectivity index (χ2n) is 4.35. The summed E-state index contributed by atoms with van der Waals surface area (Å²) in [5.74, 6) is 0.960. The lowest BCUT2D eigenvalue weighted by Gasteiger charge is -2.17. The van der Waals surface area contributed by atoms with Gasteiger partial charge in [0.15, 0.2) is 5.82 Å². The molecule has 1 aliphatic heterocycles. The molecule has 0 atom stereocenters. The summed E-state index contributed by atoms with van der Waals surface area (Å²) in [5.41, 5.74) is 10.2. The van der Waals surface area contributed by atoms with E-state index in [2.05, 4.69) is 20.9 Å². The molecule has 2 heterocycles. The summed E-state index contributed by atoms with van der Waals surface area (Å²) in [6, 6.07) is 6.09. The maximum absolute atomic E-state index is 5.80. The fraction of sp³-hybridized carbons (Fsp3) is 0.231. The number of hydrogen-bond acceptors (Lipinski definition) is 4. The van der Waals surface area contributed by atoms with E-state index in [4.69, 9.17) is 5.73 Å². The van der Waals surface area contributed by atoms with Gasteiger partial charge in [-0.2, -0.15) is 0 Å². The molecule has 0 amide bonds. The Kier molecular flexibility index (Phi) is 2.21. The van der Waals surface area contributed by atoms with Gasteiger partial charge in [-0.3, -0.25) is 4.98 Å². The van der Waals surface area contributed by atoms with Crippen LogP contribution in [0, 0.1) is 6.92 Å². The lowest BCUT2D eigenvalue weighted by molar-refractivity contribution is 0.840. The number of nitrogen functional groups attached to an aromatic ring is 1. The van der Waals surface area contributed by atoms with Crippen LogP contribution in [0.15, 0.2) is 30.6 Å². The molecule has 86 valence electrons. The van der Waals surface area contributed by atoms with E-state index in [1.807, 2.05) is 19.1 Å². The predicted molar refractivity (Wildman–Crippen MR) is 67.5 cm³/mol. The quantitative estimate of drug-likeness (QED) is 0.754. The maximum Gasteiger partial charge on any atom is 0.150 e. The van der Waals surface area contributed by atoms with E-state index >= 15 is 0 Å². The molecular formula is C13H14N4. The van der Waals surface area contributed by atoms with Gasteiger partial charge in [-0.25, -0.2) is 4.98 Å². The highest BCUT2D eigenvalue weighted by atomic mass is 15.2. The zero-order valence-electron chi connectivity index (χ0n) is 9.72. The van der Waals surface area contributed by atoms with Crippen molar-refractivity contribution >= 4 is 11.5 Å². The SMILES string of the molecule is Cc1nccnc1N1Cc2ccc(N)cc2C1. The van der Waals surface area contributed by atoms with Gasteiger partial charge in [-0.15, -0.1) is 0 Å². The molecule has 17 heavy (non-hydrogen) atoms. The van der Waals surface area contributed by atoms with Crippen LogP contribution in [0.4, 0.5) is 11.5 Å². The lowest BCUT2D eigenvalue weighted by atomic mass is 10.1. The van der Waals surface area contributed by atoms with Gasteiger partial charge in [0.1, 0.15) is 0 Å². The Morgan fingerprint density at radius 2 is 1.88 bits per heavy atom. The van der Waals surface area contributed by atoms with E-state index in [0.29, 0.717) is 0 Å². The van der Waals surface area contributed by atoms with Crippen LogP contribution in [0.1, 0.15) is 16.8 Å². The molecule has 1 aromatic carbocycles. The molecular weight excluding hydrogens is 212 g/mol. The Hall–Kier alpha value is -2.10. The van der Waals surface area contributed by atoms with Crippen molar-refractivity contribution in [2.75, 3.05) is 10.6 Å². The highest BCUT2D eigenvalue weighted by Gasteiger charge is 2.21. The monoisotopic (exact) mass is 226 g/mol. The zero-order valence-corrected chi connectivity index (χ0v) is 9.72. The minimum atomic E-state index is 0.821. The average Bonchev–Trinajstić information content (AvgIpc) is 2.72. The van der Waals surface area contributed by atoms with Crippen molar-refractivity contribution in [3.8, 4) is 0 Å². The van der Waals surface area contributed by atoms with Crippen LogP contribution in [0.5, 0.6) is 0 Å². The molecule has 0 unspecified atom stereocenters. The molecule has 2 aromatic rings. The van der Waals surface area contributed by atoms with E-state index in [9.17, 15) is 0 Å². The first-order valence-corrected chi connectivity index (χ1v) is 5.64. The number of hydrogen-bond donors (Lipinski definition) is 1. The molecule has 1 aromatic heterocycles. The van der Waals surface area contributed by atoms with Crippen molar-refractivity contribution in [2.24, 2.45) is 0 Å². The summed E-state index contributed by atoms with van der Waals surface area (Å²) in [6.45, 7) is 3.73. The summed E-state index contributed by atoms with van der Waals surface area (Å²) >= 11 is 0. The van der Waals surface area contributed by atoms with Crippen LogP contribution in [-0.2, 0) is 13.1 Å². The lowest BCUT2D eigenvalue weighted by Crippen LogP contribution is -2.17. The van der Waals surface area contributed by atoms with Gasteiger partial charge < -0.3 is 10.6 Å². The van der Waals surface area contributed by atoms with Gasteiger partial charge in [0.25, 0.3) is 0 Å². The average molecular weight is 226 g/mol. The smallest absolute Gasteiger partial charge is 0.150 e. The Morgan fingerprint density at radius 3 is 2.71 bits per heavy atom. The molecule has 0 radical (unpaired) electrons. The second-order valence-corrected chi connectivity index (χ2v) is 4.35. The van der Waals surface area contributed by atoms with Crippen LogP contribution in [0.2, 0.25) is 0 Å². The van der Waals surface area contributed by atoms with Crippen molar-refractivity contribution in [1.82, 2.24) is 9.97 Å². The Morgan fingerprint density at radius 1 is 1.12 bits per heavy atom. The Balaban J connectivity index is 1.94. The highest BCUT2D eigenvalue weighted by Crippen LogP contribution is 2.29. The number of aryl methyl sites for hydroxylation is 1. The van der Waals surface area contributed by atoms with Crippen molar-refractivity contribution in [2.45, 2.75) is 20.0 Å². The van der Waals surface area contributed by atoms with Crippen molar-refractivity contribution in [3.63, 3.8) is 0 Å². The van der Waals surface area contributed by atoms with E-state index in [0.717, 1.165) is 30.3 Å². The zero-order chi connectivity index (χ0) is 11.8. The van der Waals surface area contributed by atoms with Crippen molar-refractivity contribution < 1.29 is 0 Å². The number of benzene rings is 1. The molecule has 4 heteroatoms. The van der Waals surface area contributed by atoms with Gasteiger partial charge in [0.2, 0.25) is 0 Å². The van der Waals surface area contributed by atoms with Crippen LogP contribution < -0.4 is 10.6 Å². The third kappa shape index (κ3) is 1.71. The molecule has 1 aliphatic rings.